The largest absolute Gasteiger partial charge is 0.411 e. The highest BCUT2D eigenvalue weighted by Gasteiger charge is 1.93. The Balaban J connectivity index is 0.000000673. The Bertz CT molecular complexity index is 272. The van der Waals surface area contributed by atoms with E-state index in [0.717, 1.165) is 18.7 Å². The van der Waals surface area contributed by atoms with E-state index in [2.05, 4.69) is 43.1 Å². The van der Waals surface area contributed by atoms with Crippen LogP contribution >= 0.6 is 11.6 Å². The van der Waals surface area contributed by atoms with Crippen molar-refractivity contribution in [3.8, 4) is 0 Å². The first-order valence-corrected chi connectivity index (χ1v) is 6.05. The third kappa shape index (κ3) is 7.30. The van der Waals surface area contributed by atoms with Crippen LogP contribution in [0.25, 0.3) is 0 Å². The van der Waals surface area contributed by atoms with Crippen molar-refractivity contribution < 1.29 is 5.21 Å². The molecule has 0 atom stereocenters. The van der Waals surface area contributed by atoms with Crippen LogP contribution in [-0.2, 0) is 12.8 Å². The van der Waals surface area contributed by atoms with Crippen LogP contribution in [0.3, 0.4) is 0 Å². The number of hydrogen-bond acceptors (Lipinski definition) is 2. The molecule has 1 aromatic carbocycles. The molecule has 0 saturated heterocycles. The van der Waals surface area contributed by atoms with Gasteiger partial charge in [-0.15, -0.1) is 16.8 Å². The summed E-state index contributed by atoms with van der Waals surface area (Å²) in [5.41, 5.74) is 2.85. The molecule has 0 aliphatic heterocycles. The van der Waals surface area contributed by atoms with Crippen molar-refractivity contribution in [2.75, 3.05) is 5.88 Å². The van der Waals surface area contributed by atoms with Crippen molar-refractivity contribution in [3.63, 3.8) is 0 Å². The van der Waals surface area contributed by atoms with Crippen molar-refractivity contribution in [2.24, 2.45) is 5.16 Å². The molecule has 1 rings (SSSR count). The van der Waals surface area contributed by atoms with E-state index in [0.29, 0.717) is 0 Å². The first kappa shape index (κ1) is 15.0. The maximum absolute atomic E-state index is 7.08. The zero-order valence-electron chi connectivity index (χ0n) is 9.82. The number of nitrogens with zero attached hydrogens (tertiary/aromatic N) is 1. The van der Waals surface area contributed by atoms with Gasteiger partial charge in [-0.3, -0.25) is 0 Å². The highest BCUT2D eigenvalue weighted by atomic mass is 35.5. The van der Waals surface area contributed by atoms with E-state index in [1.165, 1.54) is 24.0 Å². The van der Waals surface area contributed by atoms with Crippen molar-refractivity contribution in [1.29, 1.82) is 0 Å². The molecule has 90 valence electrons. The smallest absolute Gasteiger partial charge is 0.0298 e. The second kappa shape index (κ2) is 10.5. The van der Waals surface area contributed by atoms with Crippen LogP contribution < -0.4 is 0 Å². The third-order valence-electron chi connectivity index (χ3n) is 2.16. The molecule has 0 saturated carbocycles. The van der Waals surface area contributed by atoms with Gasteiger partial charge in [-0.05, 0) is 30.4 Å². The van der Waals surface area contributed by atoms with E-state index in [-0.39, 0.29) is 0 Å². The highest BCUT2D eigenvalue weighted by Crippen LogP contribution is 2.08. The van der Waals surface area contributed by atoms with Crippen LogP contribution in [0, 0.1) is 0 Å². The first-order chi connectivity index (χ1) is 7.78. The fourth-order valence-corrected chi connectivity index (χ4v) is 1.57. The quantitative estimate of drug-likeness (QED) is 0.361. The van der Waals surface area contributed by atoms with E-state index < -0.39 is 0 Å². The molecule has 1 N–H and O–H groups in total. The summed E-state index contributed by atoms with van der Waals surface area (Å²) in [4.78, 5) is 0. The molecular weight excluding hydrogens is 222 g/mol. The predicted octanol–water partition coefficient (Wildman–Crippen LogP) is 3.89. The SMILES string of the molecule is C=NO.CCCc1ccc(CCCCl)cc1. The van der Waals surface area contributed by atoms with Crippen molar-refractivity contribution in [3.05, 3.63) is 35.4 Å². The lowest BCUT2D eigenvalue weighted by atomic mass is 10.1. The summed E-state index contributed by atoms with van der Waals surface area (Å²) in [7, 11) is 0. The Morgan fingerprint density at radius 1 is 1.19 bits per heavy atom. The minimum atomic E-state index is 0.761. The summed E-state index contributed by atoms with van der Waals surface area (Å²) in [6.07, 6.45) is 4.60. The summed E-state index contributed by atoms with van der Waals surface area (Å²) in [5.74, 6) is 0.761. The Morgan fingerprint density at radius 2 is 1.62 bits per heavy atom. The zero-order chi connectivity index (χ0) is 12.2. The van der Waals surface area contributed by atoms with Gasteiger partial charge < -0.3 is 5.21 Å². The average molecular weight is 242 g/mol. The molecule has 0 bridgehead atoms. The molecule has 0 heterocycles. The Kier molecular flexibility index (Phi) is 9.83. The molecule has 0 radical (unpaired) electrons. The topological polar surface area (TPSA) is 32.6 Å². The fraction of sp³-hybridized carbons (Fsp3) is 0.462. The molecule has 2 nitrogen and oxygen atoms in total. The van der Waals surface area contributed by atoms with Gasteiger partial charge in [0.1, 0.15) is 0 Å². The maximum Gasteiger partial charge on any atom is 0.0298 e. The van der Waals surface area contributed by atoms with Gasteiger partial charge in [0.25, 0.3) is 0 Å². The molecule has 3 heteroatoms. The molecular formula is C13H20ClNO. The van der Waals surface area contributed by atoms with Gasteiger partial charge in [0.2, 0.25) is 0 Å². The molecule has 16 heavy (non-hydrogen) atoms. The van der Waals surface area contributed by atoms with Gasteiger partial charge in [0, 0.05) is 12.6 Å². The summed E-state index contributed by atoms with van der Waals surface area (Å²) in [6, 6.07) is 8.90. The van der Waals surface area contributed by atoms with Crippen LogP contribution in [-0.4, -0.2) is 17.8 Å². The van der Waals surface area contributed by atoms with Gasteiger partial charge >= 0.3 is 0 Å². The molecule has 0 spiro atoms. The van der Waals surface area contributed by atoms with Crippen molar-refractivity contribution >= 4 is 18.3 Å². The van der Waals surface area contributed by atoms with Gasteiger partial charge in [0.15, 0.2) is 0 Å². The Morgan fingerprint density at radius 3 is 2.00 bits per heavy atom. The number of rotatable bonds is 5. The number of benzene rings is 1. The summed E-state index contributed by atoms with van der Waals surface area (Å²) >= 11 is 5.63. The lowest BCUT2D eigenvalue weighted by molar-refractivity contribution is 0.323. The van der Waals surface area contributed by atoms with E-state index in [1.54, 1.807) is 0 Å². The summed E-state index contributed by atoms with van der Waals surface area (Å²) < 4.78 is 0. The molecule has 0 aliphatic rings. The molecule has 0 aromatic heterocycles. The van der Waals surface area contributed by atoms with Crippen LogP contribution in [0.4, 0.5) is 0 Å². The van der Waals surface area contributed by atoms with Gasteiger partial charge in [-0.25, -0.2) is 0 Å². The van der Waals surface area contributed by atoms with E-state index in [4.69, 9.17) is 16.8 Å². The minimum absolute atomic E-state index is 0.761. The van der Waals surface area contributed by atoms with Crippen molar-refractivity contribution in [1.82, 2.24) is 0 Å². The summed E-state index contributed by atoms with van der Waals surface area (Å²) in [5, 5.41) is 9.33. The number of halogens is 1. The lowest BCUT2D eigenvalue weighted by Gasteiger charge is -2.01. The minimum Gasteiger partial charge on any atom is -0.411 e. The van der Waals surface area contributed by atoms with Crippen LogP contribution in [0.2, 0.25) is 0 Å². The van der Waals surface area contributed by atoms with Crippen molar-refractivity contribution in [2.45, 2.75) is 32.6 Å². The monoisotopic (exact) mass is 241 g/mol. The van der Waals surface area contributed by atoms with Crippen LogP contribution in [0.5, 0.6) is 0 Å². The number of aryl methyl sites for hydroxylation is 2. The number of alkyl halides is 1. The highest BCUT2D eigenvalue weighted by molar-refractivity contribution is 6.17. The molecule has 0 amide bonds. The lowest BCUT2D eigenvalue weighted by Crippen LogP contribution is -1.88. The second-order valence-corrected chi connectivity index (χ2v) is 3.88. The number of hydrogen-bond donors (Lipinski definition) is 1. The Labute approximate surface area is 103 Å². The number of oxime groups is 1. The second-order valence-electron chi connectivity index (χ2n) is 3.50. The molecule has 0 aliphatic carbocycles. The maximum atomic E-state index is 7.08. The van der Waals surface area contributed by atoms with Crippen LogP contribution in [0.1, 0.15) is 30.9 Å². The molecule has 1 aromatic rings. The fourth-order valence-electron chi connectivity index (χ4n) is 1.43. The van der Waals surface area contributed by atoms with Crippen LogP contribution in [0.15, 0.2) is 29.4 Å². The summed E-state index contributed by atoms with van der Waals surface area (Å²) in [6.45, 7) is 4.88. The predicted molar refractivity (Wildman–Crippen MR) is 70.8 cm³/mol. The molecule has 0 unspecified atom stereocenters. The third-order valence-corrected chi connectivity index (χ3v) is 2.43. The first-order valence-electron chi connectivity index (χ1n) is 5.52. The normalized spacial score (nSPS) is 9.12. The van der Waals surface area contributed by atoms with E-state index in [1.807, 2.05) is 0 Å². The van der Waals surface area contributed by atoms with E-state index in [9.17, 15) is 0 Å². The van der Waals surface area contributed by atoms with E-state index >= 15 is 0 Å². The average Bonchev–Trinajstić information content (AvgIpc) is 2.30. The Hall–Kier alpha value is -1.02. The van der Waals surface area contributed by atoms with Gasteiger partial charge in [-0.1, -0.05) is 37.6 Å². The van der Waals surface area contributed by atoms with Gasteiger partial charge in [-0.2, -0.15) is 0 Å². The standard InChI is InChI=1S/C12H17Cl.CH3NO/c1-2-4-11-6-8-12(9-7-11)5-3-10-13;1-2-3/h6-9H,2-5,10H2,1H3;3H,1H2. The van der Waals surface area contributed by atoms with Gasteiger partial charge in [0.05, 0.1) is 0 Å². The zero-order valence-corrected chi connectivity index (χ0v) is 10.6. The molecule has 0 fully saturated rings.